The largest absolute Gasteiger partial charge is 0.367 e. The number of tetrazole rings is 1. The smallest absolute Gasteiger partial charge is 0.242 e. The molecule has 1 amide bonds. The van der Waals surface area contributed by atoms with Crippen LogP contribution in [-0.4, -0.2) is 40.9 Å². The predicted octanol–water partition coefficient (Wildman–Crippen LogP) is -0.848. The standard InChI is InChI=1S/C12H13N9O/c13-12-17-18-19-20(12)6-11(22)15-5-9-1-3-10(4-2-9)21-8-14-7-16-21/h1-4,7-8H,5-6H2,(H,15,22)(H2,13,17,19). The molecule has 0 saturated heterocycles. The number of rotatable bonds is 5. The van der Waals surface area contributed by atoms with Crippen LogP contribution in [0.25, 0.3) is 5.69 Å². The van der Waals surface area contributed by atoms with E-state index in [4.69, 9.17) is 5.73 Å². The van der Waals surface area contributed by atoms with Gasteiger partial charge >= 0.3 is 0 Å². The van der Waals surface area contributed by atoms with Crippen LogP contribution in [0.5, 0.6) is 0 Å². The van der Waals surface area contributed by atoms with Gasteiger partial charge in [0, 0.05) is 6.54 Å². The second kappa shape index (κ2) is 5.99. The number of anilines is 1. The van der Waals surface area contributed by atoms with E-state index in [0.29, 0.717) is 6.54 Å². The maximum atomic E-state index is 11.8. The number of aromatic nitrogens is 7. The number of nitrogens with one attached hydrogen (secondary N) is 1. The first kappa shape index (κ1) is 13.7. The summed E-state index contributed by atoms with van der Waals surface area (Å²) >= 11 is 0. The number of nitrogens with two attached hydrogens (primary N) is 1. The molecule has 112 valence electrons. The van der Waals surface area contributed by atoms with Crippen molar-refractivity contribution in [2.45, 2.75) is 13.1 Å². The Bertz CT molecular complexity index is 747. The molecule has 0 aliphatic carbocycles. The summed E-state index contributed by atoms with van der Waals surface area (Å²) in [7, 11) is 0. The van der Waals surface area contributed by atoms with Gasteiger partial charge in [-0.2, -0.15) is 5.10 Å². The maximum Gasteiger partial charge on any atom is 0.242 e. The van der Waals surface area contributed by atoms with Crippen LogP contribution in [0, 0.1) is 0 Å². The van der Waals surface area contributed by atoms with Crippen molar-refractivity contribution in [2.24, 2.45) is 0 Å². The highest BCUT2D eigenvalue weighted by Crippen LogP contribution is 2.07. The molecule has 0 spiro atoms. The fourth-order valence-corrected chi connectivity index (χ4v) is 1.82. The van der Waals surface area contributed by atoms with Crippen molar-refractivity contribution in [3.8, 4) is 5.69 Å². The number of nitrogens with zero attached hydrogens (tertiary/aromatic N) is 7. The Morgan fingerprint density at radius 1 is 1.27 bits per heavy atom. The Hall–Kier alpha value is -3.30. The zero-order valence-electron chi connectivity index (χ0n) is 11.5. The third-order valence-corrected chi connectivity index (χ3v) is 2.96. The number of hydrogen-bond donors (Lipinski definition) is 2. The van der Waals surface area contributed by atoms with Crippen LogP contribution < -0.4 is 11.1 Å². The minimum absolute atomic E-state index is 0.0180. The molecule has 0 aliphatic heterocycles. The van der Waals surface area contributed by atoms with E-state index in [1.165, 1.54) is 11.0 Å². The number of nitrogen functional groups attached to an aromatic ring is 1. The quantitative estimate of drug-likeness (QED) is 0.627. The Kier molecular flexibility index (Phi) is 3.72. The molecule has 3 aromatic rings. The van der Waals surface area contributed by atoms with Gasteiger partial charge in [-0.1, -0.05) is 17.2 Å². The highest BCUT2D eigenvalue weighted by atomic mass is 16.2. The van der Waals surface area contributed by atoms with Gasteiger partial charge in [0.1, 0.15) is 19.2 Å². The summed E-state index contributed by atoms with van der Waals surface area (Å²) in [6.45, 7) is 0.383. The molecule has 10 nitrogen and oxygen atoms in total. The third-order valence-electron chi connectivity index (χ3n) is 2.96. The highest BCUT2D eigenvalue weighted by molar-refractivity contribution is 5.75. The van der Waals surface area contributed by atoms with Gasteiger partial charge in [0.15, 0.2) is 0 Å². The normalized spacial score (nSPS) is 10.5. The molecule has 3 N–H and O–H groups in total. The van der Waals surface area contributed by atoms with E-state index >= 15 is 0 Å². The lowest BCUT2D eigenvalue weighted by Gasteiger charge is -2.06. The highest BCUT2D eigenvalue weighted by Gasteiger charge is 2.07. The molecule has 0 aliphatic rings. The molecule has 10 heteroatoms. The fourth-order valence-electron chi connectivity index (χ4n) is 1.82. The van der Waals surface area contributed by atoms with Crippen LogP contribution in [0.2, 0.25) is 0 Å². The maximum absolute atomic E-state index is 11.8. The molecule has 1 aromatic carbocycles. The van der Waals surface area contributed by atoms with Crippen LogP contribution in [0.15, 0.2) is 36.9 Å². The van der Waals surface area contributed by atoms with E-state index in [0.717, 1.165) is 11.3 Å². The topological polar surface area (TPSA) is 129 Å². The van der Waals surface area contributed by atoms with Crippen molar-refractivity contribution in [2.75, 3.05) is 5.73 Å². The van der Waals surface area contributed by atoms with E-state index in [9.17, 15) is 4.79 Å². The Labute approximate surface area is 125 Å². The number of amides is 1. The molecule has 0 radical (unpaired) electrons. The van der Waals surface area contributed by atoms with Crippen molar-refractivity contribution in [3.05, 3.63) is 42.5 Å². The first-order chi connectivity index (χ1) is 10.7. The predicted molar refractivity (Wildman–Crippen MR) is 75.4 cm³/mol. The zero-order valence-corrected chi connectivity index (χ0v) is 11.5. The summed E-state index contributed by atoms with van der Waals surface area (Å²) in [4.78, 5) is 15.7. The molecule has 2 heterocycles. The average Bonchev–Trinajstić information content (AvgIpc) is 3.18. The number of benzene rings is 1. The van der Waals surface area contributed by atoms with Gasteiger partial charge in [-0.3, -0.25) is 4.79 Å². The van der Waals surface area contributed by atoms with Crippen molar-refractivity contribution in [1.29, 1.82) is 0 Å². The van der Waals surface area contributed by atoms with Crippen molar-refractivity contribution in [1.82, 2.24) is 40.3 Å². The molecule has 0 saturated carbocycles. The van der Waals surface area contributed by atoms with Gasteiger partial charge in [-0.25, -0.2) is 14.3 Å². The summed E-state index contributed by atoms with van der Waals surface area (Å²) in [6.07, 6.45) is 3.09. The summed E-state index contributed by atoms with van der Waals surface area (Å²) < 4.78 is 2.88. The van der Waals surface area contributed by atoms with Gasteiger partial charge in [-0.05, 0) is 28.1 Å². The lowest BCUT2D eigenvalue weighted by atomic mass is 10.2. The second-order valence-electron chi connectivity index (χ2n) is 4.48. The van der Waals surface area contributed by atoms with Crippen molar-refractivity contribution >= 4 is 11.9 Å². The van der Waals surface area contributed by atoms with Crippen LogP contribution in [-0.2, 0) is 17.9 Å². The number of carbonyl (C=O) groups excluding carboxylic acids is 1. The van der Waals surface area contributed by atoms with Crippen LogP contribution in [0.4, 0.5) is 5.95 Å². The van der Waals surface area contributed by atoms with Gasteiger partial charge < -0.3 is 11.1 Å². The minimum Gasteiger partial charge on any atom is -0.367 e. The minimum atomic E-state index is -0.223. The summed E-state index contributed by atoms with van der Waals surface area (Å²) in [5.74, 6) is -0.119. The molecule has 0 atom stereocenters. The van der Waals surface area contributed by atoms with Gasteiger partial charge in [0.05, 0.1) is 5.69 Å². The first-order valence-electron chi connectivity index (χ1n) is 6.44. The van der Waals surface area contributed by atoms with E-state index < -0.39 is 0 Å². The summed E-state index contributed by atoms with van der Waals surface area (Å²) in [5.41, 5.74) is 7.35. The monoisotopic (exact) mass is 299 g/mol. The zero-order chi connectivity index (χ0) is 15.4. The lowest BCUT2D eigenvalue weighted by Crippen LogP contribution is -2.28. The van der Waals surface area contributed by atoms with Crippen LogP contribution in [0.1, 0.15) is 5.56 Å². The van der Waals surface area contributed by atoms with Crippen LogP contribution >= 0.6 is 0 Å². The Morgan fingerprint density at radius 2 is 2.09 bits per heavy atom. The van der Waals surface area contributed by atoms with Crippen molar-refractivity contribution < 1.29 is 4.79 Å². The second-order valence-corrected chi connectivity index (χ2v) is 4.48. The molecule has 0 unspecified atom stereocenters. The number of hydrogen-bond acceptors (Lipinski definition) is 7. The first-order valence-corrected chi connectivity index (χ1v) is 6.44. The molecule has 2 aromatic heterocycles. The van der Waals surface area contributed by atoms with E-state index in [2.05, 4.69) is 30.9 Å². The van der Waals surface area contributed by atoms with E-state index in [1.807, 2.05) is 24.3 Å². The van der Waals surface area contributed by atoms with Crippen LogP contribution in [0.3, 0.4) is 0 Å². The molecular weight excluding hydrogens is 286 g/mol. The SMILES string of the molecule is Nc1nnnn1CC(=O)NCc1ccc(-n2cncn2)cc1. The van der Waals surface area contributed by atoms with E-state index in [-0.39, 0.29) is 18.4 Å². The van der Waals surface area contributed by atoms with Gasteiger partial charge in [-0.15, -0.1) is 0 Å². The van der Waals surface area contributed by atoms with Gasteiger partial charge in [0.2, 0.25) is 11.9 Å². The molecular formula is C12H13N9O. The third kappa shape index (κ3) is 3.06. The molecule has 0 bridgehead atoms. The van der Waals surface area contributed by atoms with Gasteiger partial charge in [0.25, 0.3) is 0 Å². The fraction of sp³-hybridized carbons (Fsp3) is 0.167. The number of carbonyl (C=O) groups is 1. The average molecular weight is 299 g/mol. The van der Waals surface area contributed by atoms with Crippen molar-refractivity contribution in [3.63, 3.8) is 0 Å². The molecule has 0 fully saturated rings. The molecule has 22 heavy (non-hydrogen) atoms. The Balaban J connectivity index is 1.55. The summed E-state index contributed by atoms with van der Waals surface area (Å²) in [5, 5.41) is 17.3. The van der Waals surface area contributed by atoms with E-state index in [1.54, 1.807) is 11.0 Å². The lowest BCUT2D eigenvalue weighted by molar-refractivity contribution is -0.122. The summed E-state index contributed by atoms with van der Waals surface area (Å²) in [6, 6.07) is 7.61. The molecule has 3 rings (SSSR count). The Morgan fingerprint density at radius 3 is 2.73 bits per heavy atom.